The number of imidazole rings is 1. The van der Waals surface area contributed by atoms with Crippen molar-refractivity contribution in [3.05, 3.63) is 30.4 Å². The van der Waals surface area contributed by atoms with E-state index >= 15 is 0 Å². The van der Waals surface area contributed by atoms with Gasteiger partial charge in [-0.25, -0.2) is 4.98 Å². The third kappa shape index (κ3) is 2.52. The standard InChI is InChI=1S/C16H23N3O/c1-12(2)18-7-6-13(10-18)8-16-17-9-14-4-5-15(20-3)11-19(14)16/h4-5,9,11-13H,6-8,10H2,1-3H3. The van der Waals surface area contributed by atoms with E-state index in [1.807, 2.05) is 18.5 Å². The molecule has 0 spiro atoms. The molecule has 1 unspecified atom stereocenters. The maximum Gasteiger partial charge on any atom is 0.135 e. The molecule has 0 aromatic carbocycles. The molecule has 0 saturated carbocycles. The van der Waals surface area contributed by atoms with Crippen LogP contribution in [-0.4, -0.2) is 40.5 Å². The molecule has 1 aliphatic rings. The number of aromatic nitrogens is 2. The van der Waals surface area contributed by atoms with E-state index in [4.69, 9.17) is 4.74 Å². The monoisotopic (exact) mass is 273 g/mol. The van der Waals surface area contributed by atoms with Crippen molar-refractivity contribution in [2.75, 3.05) is 20.2 Å². The van der Waals surface area contributed by atoms with Crippen LogP contribution >= 0.6 is 0 Å². The molecule has 1 atom stereocenters. The summed E-state index contributed by atoms with van der Waals surface area (Å²) in [4.78, 5) is 7.15. The molecule has 1 aliphatic heterocycles. The maximum absolute atomic E-state index is 5.31. The Morgan fingerprint density at radius 1 is 1.40 bits per heavy atom. The van der Waals surface area contributed by atoms with Crippen molar-refractivity contribution in [1.82, 2.24) is 14.3 Å². The van der Waals surface area contributed by atoms with Gasteiger partial charge in [0.15, 0.2) is 0 Å². The topological polar surface area (TPSA) is 29.8 Å². The molecule has 0 amide bonds. The molecule has 3 heterocycles. The number of hydrogen-bond acceptors (Lipinski definition) is 3. The summed E-state index contributed by atoms with van der Waals surface area (Å²) in [7, 11) is 1.70. The molecule has 0 aliphatic carbocycles. The number of nitrogens with zero attached hydrogens (tertiary/aromatic N) is 3. The van der Waals surface area contributed by atoms with Crippen molar-refractivity contribution >= 4 is 5.52 Å². The van der Waals surface area contributed by atoms with Crippen molar-refractivity contribution in [1.29, 1.82) is 0 Å². The number of likely N-dealkylation sites (tertiary alicyclic amines) is 1. The molecular formula is C16H23N3O. The Kier molecular flexibility index (Phi) is 3.66. The largest absolute Gasteiger partial charge is 0.495 e. The highest BCUT2D eigenvalue weighted by Crippen LogP contribution is 2.23. The Morgan fingerprint density at radius 2 is 2.25 bits per heavy atom. The van der Waals surface area contributed by atoms with Gasteiger partial charge >= 0.3 is 0 Å². The minimum Gasteiger partial charge on any atom is -0.495 e. The highest BCUT2D eigenvalue weighted by Gasteiger charge is 2.25. The van der Waals surface area contributed by atoms with Crippen LogP contribution in [0.3, 0.4) is 0 Å². The molecule has 1 saturated heterocycles. The zero-order valence-corrected chi connectivity index (χ0v) is 12.5. The van der Waals surface area contributed by atoms with Crippen LogP contribution in [-0.2, 0) is 6.42 Å². The van der Waals surface area contributed by atoms with E-state index in [9.17, 15) is 0 Å². The Morgan fingerprint density at radius 3 is 2.95 bits per heavy atom. The summed E-state index contributed by atoms with van der Waals surface area (Å²) in [5.74, 6) is 2.75. The third-order valence-electron chi connectivity index (χ3n) is 4.33. The molecule has 0 bridgehead atoms. The van der Waals surface area contributed by atoms with E-state index in [1.54, 1.807) is 7.11 Å². The van der Waals surface area contributed by atoms with Crippen molar-refractivity contribution in [2.24, 2.45) is 5.92 Å². The summed E-state index contributed by atoms with van der Waals surface area (Å²) in [6.07, 6.45) is 6.30. The fourth-order valence-electron chi connectivity index (χ4n) is 3.05. The van der Waals surface area contributed by atoms with E-state index in [0.717, 1.165) is 23.5 Å². The van der Waals surface area contributed by atoms with E-state index in [-0.39, 0.29) is 0 Å². The van der Waals surface area contributed by atoms with Gasteiger partial charge in [0.05, 0.1) is 25.0 Å². The molecule has 108 valence electrons. The first-order chi connectivity index (χ1) is 9.67. The van der Waals surface area contributed by atoms with Crippen molar-refractivity contribution in [3.63, 3.8) is 0 Å². The lowest BCUT2D eigenvalue weighted by atomic mass is 10.0. The molecule has 4 heteroatoms. The summed E-state index contributed by atoms with van der Waals surface area (Å²) in [6, 6.07) is 4.69. The van der Waals surface area contributed by atoms with Crippen LogP contribution < -0.4 is 4.74 Å². The van der Waals surface area contributed by atoms with Gasteiger partial charge < -0.3 is 14.0 Å². The Hall–Kier alpha value is -1.55. The number of methoxy groups -OCH3 is 1. The lowest BCUT2D eigenvalue weighted by molar-refractivity contribution is 0.264. The normalized spacial score (nSPS) is 20.1. The number of hydrogen-bond donors (Lipinski definition) is 0. The van der Waals surface area contributed by atoms with Crippen LogP contribution in [0, 0.1) is 5.92 Å². The number of rotatable bonds is 4. The van der Waals surface area contributed by atoms with Crippen molar-refractivity contribution in [2.45, 2.75) is 32.7 Å². The first-order valence-corrected chi connectivity index (χ1v) is 7.41. The predicted octanol–water partition coefficient (Wildman–Crippen LogP) is 2.62. The minimum atomic E-state index is 0.650. The summed E-state index contributed by atoms with van der Waals surface area (Å²) in [5, 5.41) is 0. The second-order valence-electron chi connectivity index (χ2n) is 5.99. The zero-order valence-electron chi connectivity index (χ0n) is 12.5. The van der Waals surface area contributed by atoms with Crippen LogP contribution in [0.2, 0.25) is 0 Å². The molecule has 20 heavy (non-hydrogen) atoms. The second-order valence-corrected chi connectivity index (χ2v) is 5.99. The van der Waals surface area contributed by atoms with Gasteiger partial charge in [0.25, 0.3) is 0 Å². The zero-order chi connectivity index (χ0) is 14.1. The van der Waals surface area contributed by atoms with Crippen LogP contribution in [0.5, 0.6) is 5.75 Å². The Bertz CT molecular complexity index is 590. The number of ether oxygens (including phenoxy) is 1. The van der Waals surface area contributed by atoms with Gasteiger partial charge in [0.2, 0.25) is 0 Å². The minimum absolute atomic E-state index is 0.650. The highest BCUT2D eigenvalue weighted by molar-refractivity contribution is 5.48. The van der Waals surface area contributed by atoms with E-state index < -0.39 is 0 Å². The van der Waals surface area contributed by atoms with Crippen molar-refractivity contribution < 1.29 is 4.74 Å². The van der Waals surface area contributed by atoms with Gasteiger partial charge in [-0.1, -0.05) is 0 Å². The average Bonchev–Trinajstić information content (AvgIpc) is 3.06. The SMILES string of the molecule is COc1ccc2cnc(CC3CCN(C(C)C)C3)n2c1. The fourth-order valence-corrected chi connectivity index (χ4v) is 3.05. The molecule has 4 nitrogen and oxygen atoms in total. The number of pyridine rings is 1. The highest BCUT2D eigenvalue weighted by atomic mass is 16.5. The van der Waals surface area contributed by atoms with Gasteiger partial charge in [0.1, 0.15) is 11.6 Å². The fraction of sp³-hybridized carbons (Fsp3) is 0.562. The van der Waals surface area contributed by atoms with E-state index in [0.29, 0.717) is 12.0 Å². The summed E-state index contributed by atoms with van der Waals surface area (Å²) in [5.41, 5.74) is 1.14. The summed E-state index contributed by atoms with van der Waals surface area (Å²) < 4.78 is 7.47. The van der Waals surface area contributed by atoms with Crippen LogP contribution in [0.25, 0.3) is 5.52 Å². The summed E-state index contributed by atoms with van der Waals surface area (Å²) >= 11 is 0. The molecule has 0 N–H and O–H groups in total. The van der Waals surface area contributed by atoms with Crippen LogP contribution in [0.15, 0.2) is 24.5 Å². The quantitative estimate of drug-likeness (QED) is 0.857. The van der Waals surface area contributed by atoms with E-state index in [2.05, 4.69) is 34.2 Å². The molecule has 2 aromatic heterocycles. The summed E-state index contributed by atoms with van der Waals surface area (Å²) in [6.45, 7) is 6.96. The molecule has 3 rings (SSSR count). The Balaban J connectivity index is 1.78. The average molecular weight is 273 g/mol. The van der Waals surface area contributed by atoms with Gasteiger partial charge in [-0.15, -0.1) is 0 Å². The lowest BCUT2D eigenvalue weighted by Crippen LogP contribution is -2.28. The molecular weight excluding hydrogens is 250 g/mol. The van der Waals surface area contributed by atoms with Crippen molar-refractivity contribution in [3.8, 4) is 5.75 Å². The smallest absolute Gasteiger partial charge is 0.135 e. The van der Waals surface area contributed by atoms with Gasteiger partial charge in [-0.3, -0.25) is 0 Å². The van der Waals surface area contributed by atoms with Gasteiger partial charge in [-0.2, -0.15) is 0 Å². The van der Waals surface area contributed by atoms with Crippen LogP contribution in [0.4, 0.5) is 0 Å². The molecule has 1 fully saturated rings. The lowest BCUT2D eigenvalue weighted by Gasteiger charge is -2.20. The molecule has 2 aromatic rings. The number of fused-ring (bicyclic) bond motifs is 1. The first-order valence-electron chi connectivity index (χ1n) is 7.41. The van der Waals surface area contributed by atoms with Gasteiger partial charge in [0, 0.05) is 19.0 Å². The van der Waals surface area contributed by atoms with E-state index in [1.165, 1.54) is 19.5 Å². The molecule has 0 radical (unpaired) electrons. The second kappa shape index (κ2) is 5.44. The first kappa shape index (κ1) is 13.4. The predicted molar refractivity (Wildman–Crippen MR) is 80.3 cm³/mol. The van der Waals surface area contributed by atoms with Gasteiger partial charge in [-0.05, 0) is 44.9 Å². The third-order valence-corrected chi connectivity index (χ3v) is 4.33. The Labute approximate surface area is 120 Å². The maximum atomic E-state index is 5.31. The van der Waals surface area contributed by atoms with Crippen LogP contribution in [0.1, 0.15) is 26.1 Å².